The standard InChI is InChI=1S/C20H21BrN2O2/c1-14-4-2-3-5-17(14)19(25)22-13-10-18(24)23-20(11-12-20)15-6-8-16(21)9-7-15/h2-9H,10-13H2,1H3,(H,22,25)(H,23,24). The fraction of sp³-hybridized carbons (Fsp3) is 0.300. The zero-order chi connectivity index (χ0) is 17.9. The SMILES string of the molecule is Cc1ccccc1C(=O)NCCC(=O)NC1(c2ccc(Br)cc2)CC1. The smallest absolute Gasteiger partial charge is 0.251 e. The molecular formula is C20H21BrN2O2. The van der Waals surface area contributed by atoms with Gasteiger partial charge in [0, 0.05) is 23.0 Å². The lowest BCUT2D eigenvalue weighted by Crippen LogP contribution is -2.37. The monoisotopic (exact) mass is 400 g/mol. The van der Waals surface area contributed by atoms with Crippen LogP contribution in [0.15, 0.2) is 53.0 Å². The molecule has 0 heterocycles. The number of carbonyl (C=O) groups excluding carboxylic acids is 2. The Kier molecular flexibility index (Phi) is 5.23. The van der Waals surface area contributed by atoms with Crippen LogP contribution in [0, 0.1) is 6.92 Å². The molecule has 4 nitrogen and oxygen atoms in total. The van der Waals surface area contributed by atoms with Crippen LogP contribution < -0.4 is 10.6 Å². The van der Waals surface area contributed by atoms with Gasteiger partial charge in [0.25, 0.3) is 5.91 Å². The second-order valence-corrected chi connectivity index (χ2v) is 7.37. The van der Waals surface area contributed by atoms with Crippen molar-refractivity contribution in [2.45, 2.75) is 31.7 Å². The average molecular weight is 401 g/mol. The number of benzene rings is 2. The molecule has 1 saturated carbocycles. The van der Waals surface area contributed by atoms with E-state index in [1.54, 1.807) is 6.07 Å². The highest BCUT2D eigenvalue weighted by molar-refractivity contribution is 9.10. The van der Waals surface area contributed by atoms with Gasteiger partial charge in [-0.1, -0.05) is 46.3 Å². The Bertz CT molecular complexity index is 783. The number of amides is 2. The molecule has 0 bridgehead atoms. The van der Waals surface area contributed by atoms with E-state index < -0.39 is 0 Å². The Labute approximate surface area is 156 Å². The van der Waals surface area contributed by atoms with Crippen molar-refractivity contribution in [3.63, 3.8) is 0 Å². The summed E-state index contributed by atoms with van der Waals surface area (Å²) in [5.41, 5.74) is 2.48. The fourth-order valence-corrected chi connectivity index (χ4v) is 3.19. The van der Waals surface area contributed by atoms with E-state index in [1.165, 1.54) is 0 Å². The van der Waals surface area contributed by atoms with Gasteiger partial charge in [-0.2, -0.15) is 0 Å². The second-order valence-electron chi connectivity index (χ2n) is 6.46. The van der Waals surface area contributed by atoms with Crippen LogP contribution in [0.4, 0.5) is 0 Å². The highest BCUT2D eigenvalue weighted by atomic mass is 79.9. The van der Waals surface area contributed by atoms with E-state index in [1.807, 2.05) is 49.4 Å². The Balaban J connectivity index is 1.49. The van der Waals surface area contributed by atoms with Gasteiger partial charge in [-0.25, -0.2) is 0 Å². The van der Waals surface area contributed by atoms with Gasteiger partial charge in [-0.3, -0.25) is 9.59 Å². The molecule has 2 N–H and O–H groups in total. The Hall–Kier alpha value is -2.14. The lowest BCUT2D eigenvalue weighted by atomic mass is 10.0. The molecule has 2 amide bonds. The topological polar surface area (TPSA) is 58.2 Å². The molecule has 1 aliphatic carbocycles. The van der Waals surface area contributed by atoms with Crippen molar-refractivity contribution in [1.82, 2.24) is 10.6 Å². The third kappa shape index (κ3) is 4.28. The van der Waals surface area contributed by atoms with Crippen molar-refractivity contribution in [3.8, 4) is 0 Å². The Morgan fingerprint density at radius 3 is 2.40 bits per heavy atom. The van der Waals surface area contributed by atoms with Crippen molar-refractivity contribution < 1.29 is 9.59 Å². The molecule has 25 heavy (non-hydrogen) atoms. The summed E-state index contributed by atoms with van der Waals surface area (Å²) in [6, 6.07) is 15.5. The first-order valence-corrected chi connectivity index (χ1v) is 9.20. The molecule has 2 aromatic carbocycles. The second kappa shape index (κ2) is 7.40. The molecule has 2 aromatic rings. The zero-order valence-electron chi connectivity index (χ0n) is 14.1. The molecular weight excluding hydrogens is 380 g/mol. The first kappa shape index (κ1) is 17.7. The van der Waals surface area contributed by atoms with Crippen LogP contribution in [0.25, 0.3) is 0 Å². The van der Waals surface area contributed by atoms with E-state index in [0.717, 1.165) is 28.4 Å². The summed E-state index contributed by atoms with van der Waals surface area (Å²) in [6.45, 7) is 2.23. The number of hydrogen-bond donors (Lipinski definition) is 2. The zero-order valence-corrected chi connectivity index (χ0v) is 15.7. The minimum absolute atomic E-state index is 0.0366. The van der Waals surface area contributed by atoms with E-state index >= 15 is 0 Å². The third-order valence-corrected chi connectivity index (χ3v) is 5.08. The quantitative estimate of drug-likeness (QED) is 0.776. The number of nitrogens with one attached hydrogen (secondary N) is 2. The predicted molar refractivity (Wildman–Crippen MR) is 101 cm³/mol. The summed E-state index contributed by atoms with van der Waals surface area (Å²) in [6.07, 6.45) is 2.18. The van der Waals surface area contributed by atoms with Crippen LogP contribution >= 0.6 is 15.9 Å². The summed E-state index contributed by atoms with van der Waals surface area (Å²) in [5.74, 6) is -0.176. The van der Waals surface area contributed by atoms with Crippen LogP contribution in [-0.2, 0) is 10.3 Å². The van der Waals surface area contributed by atoms with E-state index in [9.17, 15) is 9.59 Å². The van der Waals surface area contributed by atoms with Gasteiger partial charge in [0.1, 0.15) is 0 Å². The van der Waals surface area contributed by atoms with E-state index in [-0.39, 0.29) is 23.8 Å². The van der Waals surface area contributed by atoms with Crippen molar-refractivity contribution in [2.24, 2.45) is 0 Å². The summed E-state index contributed by atoms with van der Waals surface area (Å²) >= 11 is 3.43. The van der Waals surface area contributed by atoms with Gasteiger partial charge < -0.3 is 10.6 Å². The van der Waals surface area contributed by atoms with Crippen LogP contribution in [-0.4, -0.2) is 18.4 Å². The third-order valence-electron chi connectivity index (χ3n) is 4.55. The number of hydrogen-bond acceptors (Lipinski definition) is 2. The minimum atomic E-state index is -0.224. The first-order chi connectivity index (χ1) is 12.0. The highest BCUT2D eigenvalue weighted by Crippen LogP contribution is 2.45. The molecule has 1 aliphatic rings. The van der Waals surface area contributed by atoms with E-state index in [4.69, 9.17) is 0 Å². The van der Waals surface area contributed by atoms with E-state index in [0.29, 0.717) is 12.1 Å². The lowest BCUT2D eigenvalue weighted by Gasteiger charge is -2.18. The number of carbonyl (C=O) groups is 2. The largest absolute Gasteiger partial charge is 0.352 e. The molecule has 0 aliphatic heterocycles. The minimum Gasteiger partial charge on any atom is -0.352 e. The van der Waals surface area contributed by atoms with Crippen molar-refractivity contribution in [2.75, 3.05) is 6.54 Å². The Morgan fingerprint density at radius 2 is 1.76 bits per heavy atom. The van der Waals surface area contributed by atoms with Crippen LogP contribution in [0.3, 0.4) is 0 Å². The average Bonchev–Trinajstić information content (AvgIpc) is 3.36. The van der Waals surface area contributed by atoms with Crippen LogP contribution in [0.5, 0.6) is 0 Å². The highest BCUT2D eigenvalue weighted by Gasteiger charge is 2.45. The fourth-order valence-electron chi connectivity index (χ4n) is 2.92. The van der Waals surface area contributed by atoms with Crippen molar-refractivity contribution in [3.05, 3.63) is 69.7 Å². The molecule has 3 rings (SSSR count). The molecule has 5 heteroatoms. The molecule has 1 fully saturated rings. The van der Waals surface area contributed by atoms with Gasteiger partial charge in [0.15, 0.2) is 0 Å². The summed E-state index contributed by atoms with van der Waals surface area (Å²) < 4.78 is 1.03. The van der Waals surface area contributed by atoms with Gasteiger partial charge in [-0.15, -0.1) is 0 Å². The molecule has 0 aromatic heterocycles. The van der Waals surface area contributed by atoms with Crippen molar-refractivity contribution >= 4 is 27.7 Å². The van der Waals surface area contributed by atoms with Gasteiger partial charge in [-0.05, 0) is 49.1 Å². The van der Waals surface area contributed by atoms with Gasteiger partial charge in [0.05, 0.1) is 5.54 Å². The first-order valence-electron chi connectivity index (χ1n) is 8.41. The summed E-state index contributed by atoms with van der Waals surface area (Å²) in [4.78, 5) is 24.4. The molecule has 0 unspecified atom stereocenters. The predicted octanol–water partition coefficient (Wildman–Crippen LogP) is 3.68. The lowest BCUT2D eigenvalue weighted by molar-refractivity contribution is -0.122. The molecule has 130 valence electrons. The summed E-state index contributed by atoms with van der Waals surface area (Å²) in [7, 11) is 0. The number of aryl methyl sites for hydroxylation is 1. The maximum Gasteiger partial charge on any atom is 0.251 e. The maximum atomic E-state index is 12.3. The van der Waals surface area contributed by atoms with Gasteiger partial charge >= 0.3 is 0 Å². The number of halogens is 1. The molecule has 0 radical (unpaired) electrons. The van der Waals surface area contributed by atoms with Crippen molar-refractivity contribution in [1.29, 1.82) is 0 Å². The molecule has 0 atom stereocenters. The van der Waals surface area contributed by atoms with Gasteiger partial charge in [0.2, 0.25) is 5.91 Å². The van der Waals surface area contributed by atoms with Crippen LogP contribution in [0.2, 0.25) is 0 Å². The van der Waals surface area contributed by atoms with E-state index in [2.05, 4.69) is 26.6 Å². The normalized spacial score (nSPS) is 14.6. The Morgan fingerprint density at radius 1 is 1.08 bits per heavy atom. The molecule has 0 saturated heterocycles. The summed E-state index contributed by atoms with van der Waals surface area (Å²) in [5, 5.41) is 5.94. The maximum absolute atomic E-state index is 12.3. The molecule has 0 spiro atoms. The number of rotatable bonds is 6. The van der Waals surface area contributed by atoms with Crippen LogP contribution in [0.1, 0.15) is 40.7 Å².